The van der Waals surface area contributed by atoms with Crippen LogP contribution in [-0.2, 0) is 5.41 Å². The molecule has 1 aliphatic carbocycles. The Hall–Kier alpha value is -6.12. The molecule has 1 aliphatic heterocycles. The quantitative estimate of drug-likeness (QED) is 0.178. The second-order valence-electron chi connectivity index (χ2n) is 14.2. The van der Waals surface area contributed by atoms with Crippen LogP contribution in [0.5, 0.6) is 11.5 Å². The molecule has 0 saturated carbocycles. The van der Waals surface area contributed by atoms with E-state index in [1.165, 1.54) is 77.2 Å². The lowest BCUT2D eigenvalue weighted by Gasteiger charge is -2.30. The Morgan fingerprint density at radius 2 is 1.02 bits per heavy atom. The predicted octanol–water partition coefficient (Wildman–Crippen LogP) is 13.2. The third-order valence-electron chi connectivity index (χ3n) is 11.1. The van der Waals surface area contributed by atoms with E-state index in [0.29, 0.717) is 0 Å². The molecule has 0 saturated heterocycles. The van der Waals surface area contributed by atoms with Crippen LogP contribution in [0.2, 0.25) is 0 Å². The fourth-order valence-corrected chi connectivity index (χ4v) is 8.58. The molecule has 0 spiro atoms. The summed E-state index contributed by atoms with van der Waals surface area (Å²) in [6.07, 6.45) is 0. The van der Waals surface area contributed by atoms with Crippen LogP contribution in [-0.4, -0.2) is 7.05 Å². The van der Waals surface area contributed by atoms with E-state index in [1.807, 2.05) is 12.1 Å². The molecular weight excluding hydrogens is 607 g/mol. The molecule has 0 amide bonds. The third-order valence-corrected chi connectivity index (χ3v) is 11.1. The van der Waals surface area contributed by atoms with Gasteiger partial charge in [-0.05, 0) is 114 Å². The van der Waals surface area contributed by atoms with E-state index in [4.69, 9.17) is 4.74 Å². The zero-order valence-corrected chi connectivity index (χ0v) is 28.4. The molecule has 8 aromatic rings. The maximum Gasteiger partial charge on any atom is 0.151 e. The van der Waals surface area contributed by atoms with Crippen molar-refractivity contribution in [1.82, 2.24) is 0 Å². The van der Waals surface area contributed by atoms with Gasteiger partial charge in [-0.15, -0.1) is 0 Å². The molecule has 10 rings (SSSR count). The van der Waals surface area contributed by atoms with E-state index in [9.17, 15) is 0 Å². The molecule has 2 aliphatic rings. The van der Waals surface area contributed by atoms with Crippen molar-refractivity contribution in [1.29, 1.82) is 0 Å². The molecule has 0 fully saturated rings. The van der Waals surface area contributed by atoms with Gasteiger partial charge >= 0.3 is 0 Å². The largest absolute Gasteiger partial charge is 0.453 e. The van der Waals surface area contributed by atoms with Crippen molar-refractivity contribution in [2.24, 2.45) is 0 Å². The van der Waals surface area contributed by atoms with Gasteiger partial charge in [0.2, 0.25) is 0 Å². The van der Waals surface area contributed by atoms with Gasteiger partial charge in [0.25, 0.3) is 0 Å². The maximum absolute atomic E-state index is 6.39. The van der Waals surface area contributed by atoms with Gasteiger partial charge in [-0.3, -0.25) is 0 Å². The van der Waals surface area contributed by atoms with Crippen LogP contribution in [0.25, 0.3) is 66.1 Å². The summed E-state index contributed by atoms with van der Waals surface area (Å²) in [6.45, 7) is 4.70. The monoisotopic (exact) mass is 641 g/mol. The highest BCUT2D eigenvalue weighted by Gasteiger charge is 2.35. The minimum atomic E-state index is -0.0389. The van der Waals surface area contributed by atoms with Gasteiger partial charge in [-0.2, -0.15) is 0 Å². The lowest BCUT2D eigenvalue weighted by Crippen LogP contribution is -2.15. The standard InChI is InChI=1S/C48H35NO/c1-48(2)40-18-10-9-15-34(40)38-28-32(22-25-41(38)48)47-36-17-8-7-16-35(36)46(37-24-21-31(27-39(37)47)30-13-5-4-6-14-30)33-23-26-45-43(29-33)49(3)42-19-11-12-20-44(42)50-45/h4-29H,1-3H3. The molecular formula is C48H35NO. The average Bonchev–Trinajstić information content (AvgIpc) is 3.39. The number of ether oxygens (including phenoxy) is 1. The first-order chi connectivity index (χ1) is 24.5. The Balaban J connectivity index is 1.26. The fourth-order valence-electron chi connectivity index (χ4n) is 8.58. The number of anilines is 2. The first kappa shape index (κ1) is 28.9. The van der Waals surface area contributed by atoms with E-state index < -0.39 is 0 Å². The van der Waals surface area contributed by atoms with Gasteiger partial charge < -0.3 is 9.64 Å². The molecule has 0 N–H and O–H groups in total. The summed E-state index contributed by atoms with van der Waals surface area (Å²) in [5.41, 5.74) is 14.9. The average molecular weight is 642 g/mol. The number of benzene rings is 8. The number of nitrogens with zero attached hydrogens (tertiary/aromatic N) is 1. The molecule has 0 radical (unpaired) electrons. The summed E-state index contributed by atoms with van der Waals surface area (Å²) in [5.74, 6) is 1.75. The van der Waals surface area contributed by atoms with Crippen LogP contribution in [0.1, 0.15) is 25.0 Å². The lowest BCUT2D eigenvalue weighted by molar-refractivity contribution is 0.475. The Kier molecular flexibility index (Phi) is 6.17. The molecule has 0 aromatic heterocycles. The SMILES string of the molecule is CN1c2ccccc2Oc2ccc(-c3c4ccccc4c(-c4ccc5c(c4)-c4ccccc4C5(C)C)c4cc(-c5ccccc5)ccc34)cc21. The van der Waals surface area contributed by atoms with E-state index >= 15 is 0 Å². The van der Waals surface area contributed by atoms with Crippen molar-refractivity contribution in [3.63, 3.8) is 0 Å². The normalized spacial score (nSPS) is 13.8. The second-order valence-corrected chi connectivity index (χ2v) is 14.2. The van der Waals surface area contributed by atoms with Crippen LogP contribution in [0.3, 0.4) is 0 Å². The second kappa shape index (κ2) is 10.7. The Labute approximate surface area is 292 Å². The Morgan fingerprint density at radius 3 is 1.86 bits per heavy atom. The third kappa shape index (κ3) is 4.15. The summed E-state index contributed by atoms with van der Waals surface area (Å²) < 4.78 is 6.39. The van der Waals surface area contributed by atoms with Crippen molar-refractivity contribution < 1.29 is 4.74 Å². The highest BCUT2D eigenvalue weighted by atomic mass is 16.5. The fraction of sp³-hybridized carbons (Fsp3) is 0.0833. The molecule has 2 heteroatoms. The van der Waals surface area contributed by atoms with Crippen molar-refractivity contribution in [2.45, 2.75) is 19.3 Å². The number of hydrogen-bond donors (Lipinski definition) is 0. The summed E-state index contributed by atoms with van der Waals surface area (Å²) in [4.78, 5) is 2.24. The van der Waals surface area contributed by atoms with Crippen LogP contribution >= 0.6 is 0 Å². The molecule has 8 aromatic carbocycles. The minimum Gasteiger partial charge on any atom is -0.453 e. The Morgan fingerprint density at radius 1 is 0.420 bits per heavy atom. The van der Waals surface area contributed by atoms with E-state index in [2.05, 4.69) is 171 Å². The summed E-state index contributed by atoms with van der Waals surface area (Å²) in [5, 5.41) is 4.97. The smallest absolute Gasteiger partial charge is 0.151 e. The number of fused-ring (bicyclic) bond motifs is 7. The lowest BCUT2D eigenvalue weighted by atomic mass is 9.81. The molecule has 238 valence electrons. The molecule has 1 heterocycles. The zero-order valence-electron chi connectivity index (χ0n) is 28.4. The van der Waals surface area contributed by atoms with Gasteiger partial charge in [0, 0.05) is 12.5 Å². The molecule has 50 heavy (non-hydrogen) atoms. The van der Waals surface area contributed by atoms with Gasteiger partial charge in [0.1, 0.15) is 0 Å². The minimum absolute atomic E-state index is 0.0389. The highest BCUT2D eigenvalue weighted by molar-refractivity contribution is 6.22. The van der Waals surface area contributed by atoms with Gasteiger partial charge in [0.15, 0.2) is 11.5 Å². The van der Waals surface area contributed by atoms with E-state index in [0.717, 1.165) is 22.9 Å². The molecule has 0 bridgehead atoms. The molecule has 0 atom stereocenters. The number of hydrogen-bond acceptors (Lipinski definition) is 2. The molecule has 2 nitrogen and oxygen atoms in total. The van der Waals surface area contributed by atoms with Crippen molar-refractivity contribution in [2.75, 3.05) is 11.9 Å². The zero-order chi connectivity index (χ0) is 33.6. The summed E-state index contributed by atoms with van der Waals surface area (Å²) >= 11 is 0. The number of para-hydroxylation sites is 2. The highest BCUT2D eigenvalue weighted by Crippen LogP contribution is 2.53. The maximum atomic E-state index is 6.39. The van der Waals surface area contributed by atoms with E-state index in [-0.39, 0.29) is 5.41 Å². The molecule has 0 unspecified atom stereocenters. The van der Waals surface area contributed by atoms with Gasteiger partial charge in [-0.25, -0.2) is 0 Å². The van der Waals surface area contributed by atoms with E-state index in [1.54, 1.807) is 0 Å². The van der Waals surface area contributed by atoms with Crippen LogP contribution in [0.15, 0.2) is 158 Å². The van der Waals surface area contributed by atoms with Gasteiger partial charge in [-0.1, -0.05) is 135 Å². The Bertz CT molecular complexity index is 2670. The number of rotatable bonds is 3. The van der Waals surface area contributed by atoms with Crippen LogP contribution in [0.4, 0.5) is 11.4 Å². The predicted molar refractivity (Wildman–Crippen MR) is 210 cm³/mol. The summed E-state index contributed by atoms with van der Waals surface area (Å²) in [7, 11) is 2.13. The van der Waals surface area contributed by atoms with Crippen molar-refractivity contribution in [3.8, 4) is 56.0 Å². The first-order valence-electron chi connectivity index (χ1n) is 17.4. The van der Waals surface area contributed by atoms with Crippen molar-refractivity contribution in [3.05, 3.63) is 169 Å². The first-order valence-corrected chi connectivity index (χ1v) is 17.4. The van der Waals surface area contributed by atoms with Crippen molar-refractivity contribution >= 4 is 32.9 Å². The van der Waals surface area contributed by atoms with Gasteiger partial charge in [0.05, 0.1) is 11.4 Å². The van der Waals surface area contributed by atoms with Crippen LogP contribution in [0, 0.1) is 0 Å². The topological polar surface area (TPSA) is 12.5 Å². The summed E-state index contributed by atoms with van der Waals surface area (Å²) in [6, 6.07) is 57.7. The van der Waals surface area contributed by atoms with Crippen LogP contribution < -0.4 is 9.64 Å².